The topological polar surface area (TPSA) is 363 Å². The van der Waals surface area contributed by atoms with E-state index in [4.69, 9.17) is 20.9 Å². The number of nitrogens with zero attached hydrogens (tertiary/aromatic N) is 2. The van der Waals surface area contributed by atoms with Gasteiger partial charge in [-0.2, -0.15) is 23.5 Å². The van der Waals surface area contributed by atoms with Crippen molar-refractivity contribution >= 4 is 104 Å². The van der Waals surface area contributed by atoms with Gasteiger partial charge >= 0.3 is 0 Å². The molecule has 0 saturated carbocycles. The summed E-state index contributed by atoms with van der Waals surface area (Å²) in [5.74, 6) is -6.43. The molecule has 10 amide bonds. The number of aromatic amines is 2. The molecule has 2 saturated heterocycles. The Morgan fingerprint density at radius 2 is 1.34 bits per heavy atom. The van der Waals surface area contributed by atoms with E-state index in [1.807, 2.05) is 24.3 Å². The second-order valence-corrected chi connectivity index (χ2v) is 28.7. The Bertz CT molecular complexity index is 4080. The number of carbonyl (C=O) groups excluding carboxylic acids is 10. The standard InChI is InChI=1S/C73H89F2N13O12S2/c1-42-65(91)83-58(31-46-36-78-54-21-17-48(74)33-52(46)54)68(94)85-60(32-47-37-79-55-22-18-49(75)34-53(47)55)70(96)87-38-51-35-62(87)69(95)82-57(13-5-4-8-27-100-51)67(93)84-59(30-43-15-19-50(99-3)20-16-43)71(97)88-26-10-24-73(88,2)72(98)86-61(64(77)90)41-102-40-45-12-9-11-44(29-45)39-101-28-23-63(89)81-56(66(92)80-42)14-6-7-25-76/h4,8-9,11-12,15-22,29,33-34,36-37,42,51,56-62,78-79H,5-7,10,13-14,23-28,30-32,35,38-41,76H2,1-3H3,(H2,77,90)(H,80,92)(H,81,89)(H,82,95)(H,83,91)(H,84,93)(H,85,94)(H,86,98)/b8-4-/t42-,51+,56+,57+,58+,59+,60+,61+,62+,73+/m1/s1. The number of nitrogens with two attached hydrogens (primary N) is 2. The highest BCUT2D eigenvalue weighted by atomic mass is 32.2. The lowest BCUT2D eigenvalue weighted by molar-refractivity contribution is -0.147. The Hall–Kier alpha value is -9.32. The average Bonchev–Trinajstić information content (AvgIpc) is 1.66. The predicted octanol–water partition coefficient (Wildman–Crippen LogP) is 4.28. The Morgan fingerprint density at radius 3 is 2.02 bits per heavy atom. The minimum Gasteiger partial charge on any atom is -0.497 e. The molecular weight excluding hydrogens is 1350 g/mol. The smallest absolute Gasteiger partial charge is 0.246 e. The van der Waals surface area contributed by atoms with Crippen LogP contribution in [-0.2, 0) is 83.5 Å². The number of fused-ring (bicyclic) bond motifs is 8. The van der Waals surface area contributed by atoms with Gasteiger partial charge < -0.3 is 77.9 Å². The van der Waals surface area contributed by atoms with E-state index in [1.165, 1.54) is 83.8 Å². The number of carbonyl (C=O) groups is 10. The summed E-state index contributed by atoms with van der Waals surface area (Å²) in [6.45, 7) is 3.30. The number of benzene rings is 4. The molecule has 25 nitrogen and oxygen atoms in total. The van der Waals surface area contributed by atoms with E-state index in [0.29, 0.717) is 87.3 Å². The number of ether oxygens (including phenoxy) is 2. The molecule has 29 heteroatoms. The molecule has 544 valence electrons. The highest BCUT2D eigenvalue weighted by molar-refractivity contribution is 7.98. The van der Waals surface area contributed by atoms with Crippen molar-refractivity contribution in [2.45, 2.75) is 162 Å². The van der Waals surface area contributed by atoms with Gasteiger partial charge in [0, 0.05) is 102 Å². The van der Waals surface area contributed by atoms with Gasteiger partial charge in [0.1, 0.15) is 71.3 Å². The highest BCUT2D eigenvalue weighted by Crippen LogP contribution is 2.33. The molecule has 102 heavy (non-hydrogen) atoms. The van der Waals surface area contributed by atoms with E-state index >= 15 is 28.4 Å². The normalized spacial score (nSPS) is 25.8. The second-order valence-electron chi connectivity index (χ2n) is 26.5. The number of hydrogen-bond donors (Lipinski definition) is 11. The number of hydrogen-bond acceptors (Lipinski definition) is 15. The molecule has 0 spiro atoms. The molecular formula is C73H89F2N13O12S2. The van der Waals surface area contributed by atoms with Crippen LogP contribution in [-0.4, -0.2) is 184 Å². The van der Waals surface area contributed by atoms with E-state index < -0.39 is 131 Å². The van der Waals surface area contributed by atoms with Crippen LogP contribution in [0, 0.1) is 11.6 Å². The number of amides is 10. The summed E-state index contributed by atoms with van der Waals surface area (Å²) in [6.07, 6.45) is 7.18. The van der Waals surface area contributed by atoms with Crippen LogP contribution in [0.15, 0.2) is 109 Å². The van der Waals surface area contributed by atoms with Crippen LogP contribution in [0.5, 0.6) is 5.75 Å². The van der Waals surface area contributed by atoms with Crippen LogP contribution >= 0.6 is 23.5 Å². The molecule has 0 unspecified atom stereocenters. The third-order valence-electron chi connectivity index (χ3n) is 19.1. The number of allylic oxidation sites excluding steroid dienone is 1. The van der Waals surface area contributed by atoms with Crippen LogP contribution in [0.25, 0.3) is 21.8 Å². The molecule has 4 aliphatic heterocycles. The Balaban J connectivity index is 0.994. The summed E-state index contributed by atoms with van der Waals surface area (Å²) in [5, 5.41) is 20.6. The first-order valence-electron chi connectivity index (χ1n) is 34.4. The maximum Gasteiger partial charge on any atom is 0.246 e. The van der Waals surface area contributed by atoms with Crippen molar-refractivity contribution in [3.8, 4) is 5.75 Å². The van der Waals surface area contributed by atoms with Gasteiger partial charge in [-0.1, -0.05) is 48.6 Å². The Morgan fingerprint density at radius 1 is 0.696 bits per heavy atom. The lowest BCUT2D eigenvalue weighted by Crippen LogP contribution is -2.63. The zero-order chi connectivity index (χ0) is 72.6. The lowest BCUT2D eigenvalue weighted by atomic mass is 9.95. The number of nitrogens with one attached hydrogen (secondary N) is 9. The first-order chi connectivity index (χ1) is 49.1. The largest absolute Gasteiger partial charge is 0.497 e. The second kappa shape index (κ2) is 35.0. The van der Waals surface area contributed by atoms with Gasteiger partial charge in [0.05, 0.1) is 19.8 Å². The molecule has 5 bridgehead atoms. The zero-order valence-electron chi connectivity index (χ0n) is 57.3. The number of rotatable bonds is 12. The van der Waals surface area contributed by atoms with E-state index in [-0.39, 0.29) is 83.2 Å². The summed E-state index contributed by atoms with van der Waals surface area (Å²) in [5.41, 5.74) is 14.5. The molecule has 13 N–H and O–H groups in total. The number of primary amides is 1. The van der Waals surface area contributed by atoms with Crippen molar-refractivity contribution in [3.05, 3.63) is 149 Å². The Labute approximate surface area is 598 Å². The monoisotopic (exact) mass is 1440 g/mol. The summed E-state index contributed by atoms with van der Waals surface area (Å²) in [4.78, 5) is 156. The van der Waals surface area contributed by atoms with Crippen molar-refractivity contribution < 1.29 is 66.2 Å². The molecule has 4 aromatic carbocycles. The van der Waals surface area contributed by atoms with Gasteiger partial charge in [0.15, 0.2) is 0 Å². The van der Waals surface area contributed by atoms with E-state index in [1.54, 1.807) is 55.7 Å². The average molecular weight is 1440 g/mol. The fourth-order valence-corrected chi connectivity index (χ4v) is 15.3. The third kappa shape index (κ3) is 19.2. The summed E-state index contributed by atoms with van der Waals surface area (Å²) >= 11 is 2.87. The van der Waals surface area contributed by atoms with Gasteiger partial charge in [-0.05, 0) is 142 Å². The van der Waals surface area contributed by atoms with Crippen LogP contribution in [0.3, 0.4) is 0 Å². The number of thioether (sulfide) groups is 2. The van der Waals surface area contributed by atoms with E-state index in [2.05, 4.69) is 47.2 Å². The van der Waals surface area contributed by atoms with Crippen LogP contribution in [0.1, 0.15) is 99.5 Å². The number of H-pyrrole nitrogens is 2. The number of aromatic nitrogens is 2. The maximum atomic E-state index is 15.8. The van der Waals surface area contributed by atoms with Gasteiger partial charge in [0.2, 0.25) is 59.1 Å². The van der Waals surface area contributed by atoms with Crippen LogP contribution in [0.4, 0.5) is 8.78 Å². The zero-order valence-corrected chi connectivity index (χ0v) is 58.9. The molecule has 6 aromatic rings. The van der Waals surface area contributed by atoms with Crippen molar-refractivity contribution in [1.82, 2.24) is 57.0 Å². The molecule has 4 aliphatic rings. The first kappa shape index (κ1) is 75.3. The van der Waals surface area contributed by atoms with Gasteiger partial charge in [0.25, 0.3) is 0 Å². The van der Waals surface area contributed by atoms with Crippen LogP contribution < -0.4 is 53.4 Å². The maximum absolute atomic E-state index is 15.8. The predicted molar refractivity (Wildman–Crippen MR) is 383 cm³/mol. The molecule has 6 heterocycles. The van der Waals surface area contributed by atoms with Crippen LogP contribution in [0.2, 0.25) is 0 Å². The molecule has 0 radical (unpaired) electrons. The lowest BCUT2D eigenvalue weighted by Gasteiger charge is -2.37. The van der Waals surface area contributed by atoms with Crippen molar-refractivity contribution in [1.29, 1.82) is 0 Å². The van der Waals surface area contributed by atoms with Gasteiger partial charge in [-0.3, -0.25) is 47.9 Å². The number of unbranched alkanes of at least 4 members (excludes halogenated alkanes) is 1. The fourth-order valence-electron chi connectivity index (χ4n) is 13.4. The molecule has 2 aromatic heterocycles. The summed E-state index contributed by atoms with van der Waals surface area (Å²) in [7, 11) is 1.51. The molecule has 10 atom stereocenters. The minimum atomic E-state index is -1.58. The summed E-state index contributed by atoms with van der Waals surface area (Å²) in [6, 6.07) is 12.0. The van der Waals surface area contributed by atoms with Gasteiger partial charge in [-0.15, -0.1) is 0 Å². The molecule has 2 fully saturated rings. The first-order valence-corrected chi connectivity index (χ1v) is 36.8. The number of methoxy groups -OCH3 is 1. The van der Waals surface area contributed by atoms with E-state index in [0.717, 1.165) is 11.1 Å². The van der Waals surface area contributed by atoms with Crippen molar-refractivity contribution in [2.24, 2.45) is 11.5 Å². The van der Waals surface area contributed by atoms with Crippen molar-refractivity contribution in [2.75, 3.05) is 44.9 Å². The number of halogens is 2. The SMILES string of the molecule is COc1ccc(C[C@@H]2NC(=O)[C@@H]3CC/C=C\CO[C@H]4C[C@@H](C(=O)N3)N(C4)C(=O)[C@H](Cc3c[nH]c4ccc(F)cc34)NC(=O)[C@H](Cc3c[nH]c4ccc(F)cc34)NC(=O)[C@@H](C)NC(=O)[C@H](CCCCN)NC(=O)CCSCc3cccc(c3)CSC[C@@H](C(N)=O)NC(=O)[C@]3(C)CCCN3C2=O)cc1. The minimum absolute atomic E-state index is 0.00267. The van der Waals surface area contributed by atoms with Crippen molar-refractivity contribution in [3.63, 3.8) is 0 Å². The molecule has 0 aliphatic carbocycles. The third-order valence-corrected chi connectivity index (χ3v) is 21.3. The Kier molecular flexibility index (Phi) is 25.9. The van der Waals surface area contributed by atoms with Gasteiger partial charge in [-0.25, -0.2) is 8.78 Å². The molecule has 10 rings (SSSR count). The highest BCUT2D eigenvalue weighted by Gasteiger charge is 2.49. The summed E-state index contributed by atoms with van der Waals surface area (Å²) < 4.78 is 41.8. The quantitative estimate of drug-likeness (QED) is 0.0602. The fraction of sp³-hybridized carbons (Fsp3) is 0.452. The van der Waals surface area contributed by atoms with E-state index in [9.17, 15) is 28.4 Å².